The topological polar surface area (TPSA) is 75.3 Å². The summed E-state index contributed by atoms with van der Waals surface area (Å²) in [7, 11) is 0. The lowest BCUT2D eigenvalue weighted by atomic mass is 9.84. The van der Waals surface area contributed by atoms with Gasteiger partial charge in [-0.05, 0) is 43.9 Å². The first-order valence-electron chi connectivity index (χ1n) is 6.85. The first-order chi connectivity index (χ1) is 8.99. The van der Waals surface area contributed by atoms with Crippen molar-refractivity contribution < 1.29 is 9.90 Å². The summed E-state index contributed by atoms with van der Waals surface area (Å²) in [4.78, 5) is 12.3. The number of phenols is 1. The minimum Gasteiger partial charge on any atom is -0.505 e. The van der Waals surface area contributed by atoms with Crippen molar-refractivity contribution in [1.29, 1.82) is 0 Å². The number of aryl methyl sites for hydroxylation is 2. The fraction of sp³-hybridized carbons (Fsp3) is 0.533. The SMILES string of the molecule is Cc1cc(C)c(O)c(NC(=O)C2CCCCC2N)c1. The van der Waals surface area contributed by atoms with Crippen molar-refractivity contribution >= 4 is 11.6 Å². The molecule has 1 aliphatic carbocycles. The normalized spacial score (nSPS) is 23.1. The van der Waals surface area contributed by atoms with Crippen LogP contribution in [0.15, 0.2) is 12.1 Å². The van der Waals surface area contributed by atoms with Crippen LogP contribution in [-0.4, -0.2) is 17.1 Å². The van der Waals surface area contributed by atoms with E-state index in [0.717, 1.165) is 36.8 Å². The van der Waals surface area contributed by atoms with E-state index in [9.17, 15) is 9.90 Å². The van der Waals surface area contributed by atoms with E-state index in [1.807, 2.05) is 19.9 Å². The van der Waals surface area contributed by atoms with Gasteiger partial charge in [0.1, 0.15) is 5.75 Å². The molecular weight excluding hydrogens is 240 g/mol. The number of benzene rings is 1. The smallest absolute Gasteiger partial charge is 0.229 e. The molecule has 0 spiro atoms. The molecule has 19 heavy (non-hydrogen) atoms. The van der Waals surface area contributed by atoms with Gasteiger partial charge < -0.3 is 16.2 Å². The van der Waals surface area contributed by atoms with E-state index in [0.29, 0.717) is 5.69 Å². The fourth-order valence-corrected chi connectivity index (χ4v) is 2.77. The molecule has 1 aromatic rings. The molecule has 0 aromatic heterocycles. The van der Waals surface area contributed by atoms with E-state index in [1.165, 1.54) is 0 Å². The van der Waals surface area contributed by atoms with Gasteiger partial charge in [-0.25, -0.2) is 0 Å². The third-order valence-electron chi connectivity index (χ3n) is 3.86. The Morgan fingerprint density at radius 3 is 2.68 bits per heavy atom. The quantitative estimate of drug-likeness (QED) is 0.717. The second-order valence-electron chi connectivity index (χ2n) is 5.52. The van der Waals surface area contributed by atoms with E-state index >= 15 is 0 Å². The molecule has 1 saturated carbocycles. The van der Waals surface area contributed by atoms with Gasteiger partial charge >= 0.3 is 0 Å². The third kappa shape index (κ3) is 3.07. The zero-order valence-electron chi connectivity index (χ0n) is 11.6. The number of hydrogen-bond donors (Lipinski definition) is 3. The van der Waals surface area contributed by atoms with Crippen LogP contribution in [0.2, 0.25) is 0 Å². The first-order valence-corrected chi connectivity index (χ1v) is 6.85. The Morgan fingerprint density at radius 2 is 2.00 bits per heavy atom. The van der Waals surface area contributed by atoms with Crippen LogP contribution in [-0.2, 0) is 4.79 Å². The summed E-state index contributed by atoms with van der Waals surface area (Å²) in [5.74, 6) is -0.0789. The number of anilines is 1. The molecule has 4 heteroatoms. The predicted octanol–water partition coefficient (Wildman–Crippen LogP) is 2.47. The van der Waals surface area contributed by atoms with Gasteiger partial charge in [0.15, 0.2) is 0 Å². The molecule has 1 aliphatic rings. The lowest BCUT2D eigenvalue weighted by Crippen LogP contribution is -2.40. The van der Waals surface area contributed by atoms with Gasteiger partial charge in [0, 0.05) is 6.04 Å². The summed E-state index contributed by atoms with van der Waals surface area (Å²) in [5, 5.41) is 12.8. The molecule has 1 amide bonds. The minimum atomic E-state index is -0.144. The van der Waals surface area contributed by atoms with Crippen molar-refractivity contribution in [3.05, 3.63) is 23.3 Å². The van der Waals surface area contributed by atoms with Crippen LogP contribution in [0.4, 0.5) is 5.69 Å². The number of hydrogen-bond acceptors (Lipinski definition) is 3. The molecule has 0 aliphatic heterocycles. The zero-order chi connectivity index (χ0) is 14.0. The number of rotatable bonds is 2. The van der Waals surface area contributed by atoms with Gasteiger partial charge in [0.25, 0.3) is 0 Å². The summed E-state index contributed by atoms with van der Waals surface area (Å²) >= 11 is 0. The molecule has 0 bridgehead atoms. The molecule has 104 valence electrons. The Hall–Kier alpha value is -1.55. The third-order valence-corrected chi connectivity index (χ3v) is 3.86. The molecule has 0 heterocycles. The highest BCUT2D eigenvalue weighted by molar-refractivity contribution is 5.94. The Balaban J connectivity index is 2.14. The summed E-state index contributed by atoms with van der Waals surface area (Å²) in [6, 6.07) is 3.60. The number of aromatic hydroxyl groups is 1. The van der Waals surface area contributed by atoms with Crippen molar-refractivity contribution in [2.45, 2.75) is 45.6 Å². The lowest BCUT2D eigenvalue weighted by Gasteiger charge is -2.27. The molecule has 0 radical (unpaired) electrons. The first kappa shape index (κ1) is 13.9. The Bertz CT molecular complexity index is 485. The van der Waals surface area contributed by atoms with Crippen LogP contribution >= 0.6 is 0 Å². The Kier molecular flexibility index (Phi) is 4.10. The van der Waals surface area contributed by atoms with Gasteiger partial charge in [-0.15, -0.1) is 0 Å². The summed E-state index contributed by atoms with van der Waals surface area (Å²) in [5.41, 5.74) is 8.27. The highest BCUT2D eigenvalue weighted by Crippen LogP contribution is 2.30. The van der Waals surface area contributed by atoms with E-state index < -0.39 is 0 Å². The number of nitrogens with one attached hydrogen (secondary N) is 1. The minimum absolute atomic E-state index is 0.0678. The maximum absolute atomic E-state index is 12.3. The number of nitrogens with two attached hydrogens (primary N) is 1. The molecule has 4 nitrogen and oxygen atoms in total. The van der Waals surface area contributed by atoms with E-state index in [2.05, 4.69) is 5.32 Å². The monoisotopic (exact) mass is 262 g/mol. The van der Waals surface area contributed by atoms with Crippen LogP contribution in [0.25, 0.3) is 0 Å². The van der Waals surface area contributed by atoms with Gasteiger partial charge in [-0.1, -0.05) is 18.9 Å². The highest BCUT2D eigenvalue weighted by Gasteiger charge is 2.28. The molecule has 2 atom stereocenters. The molecule has 2 rings (SSSR count). The van der Waals surface area contributed by atoms with Gasteiger partial charge in [0.2, 0.25) is 5.91 Å². The number of amides is 1. The predicted molar refractivity (Wildman–Crippen MR) is 76.1 cm³/mol. The number of carbonyl (C=O) groups excluding carboxylic acids is 1. The fourth-order valence-electron chi connectivity index (χ4n) is 2.77. The number of carbonyl (C=O) groups is 1. The molecule has 4 N–H and O–H groups in total. The molecular formula is C15H22N2O2. The average molecular weight is 262 g/mol. The Morgan fingerprint density at radius 1 is 1.32 bits per heavy atom. The van der Waals surface area contributed by atoms with E-state index in [1.54, 1.807) is 6.07 Å². The summed E-state index contributed by atoms with van der Waals surface area (Å²) in [6.07, 6.45) is 3.87. The maximum atomic E-state index is 12.3. The van der Waals surface area contributed by atoms with E-state index in [4.69, 9.17) is 5.73 Å². The summed E-state index contributed by atoms with van der Waals surface area (Å²) < 4.78 is 0. The van der Waals surface area contributed by atoms with Crippen molar-refractivity contribution in [3.63, 3.8) is 0 Å². The van der Waals surface area contributed by atoms with Crippen molar-refractivity contribution in [2.24, 2.45) is 11.7 Å². The van der Waals surface area contributed by atoms with Crippen LogP contribution < -0.4 is 11.1 Å². The standard InChI is InChI=1S/C15H22N2O2/c1-9-7-10(2)14(18)13(8-9)17-15(19)11-5-3-4-6-12(11)16/h7-8,11-12,18H,3-6,16H2,1-2H3,(H,17,19). The van der Waals surface area contributed by atoms with Crippen LogP contribution in [0, 0.1) is 19.8 Å². The number of phenolic OH excluding ortho intramolecular Hbond substituents is 1. The molecule has 0 saturated heterocycles. The zero-order valence-corrected chi connectivity index (χ0v) is 11.6. The maximum Gasteiger partial charge on any atom is 0.229 e. The molecule has 2 unspecified atom stereocenters. The largest absolute Gasteiger partial charge is 0.505 e. The van der Waals surface area contributed by atoms with Crippen LogP contribution in [0.1, 0.15) is 36.8 Å². The van der Waals surface area contributed by atoms with Crippen molar-refractivity contribution in [1.82, 2.24) is 0 Å². The van der Waals surface area contributed by atoms with Crippen molar-refractivity contribution in [2.75, 3.05) is 5.32 Å². The van der Waals surface area contributed by atoms with Gasteiger partial charge in [-0.2, -0.15) is 0 Å². The summed E-state index contributed by atoms with van der Waals surface area (Å²) in [6.45, 7) is 3.76. The molecule has 1 aromatic carbocycles. The van der Waals surface area contributed by atoms with Crippen LogP contribution in [0.3, 0.4) is 0 Å². The average Bonchev–Trinajstić information content (AvgIpc) is 2.35. The van der Waals surface area contributed by atoms with Gasteiger partial charge in [0.05, 0.1) is 11.6 Å². The lowest BCUT2D eigenvalue weighted by molar-refractivity contribution is -0.121. The second kappa shape index (κ2) is 5.61. The Labute approximate surface area is 114 Å². The van der Waals surface area contributed by atoms with E-state index in [-0.39, 0.29) is 23.6 Å². The van der Waals surface area contributed by atoms with Gasteiger partial charge in [-0.3, -0.25) is 4.79 Å². The van der Waals surface area contributed by atoms with Crippen LogP contribution in [0.5, 0.6) is 5.75 Å². The van der Waals surface area contributed by atoms with Crippen molar-refractivity contribution in [3.8, 4) is 5.75 Å². The highest BCUT2D eigenvalue weighted by atomic mass is 16.3. The molecule has 1 fully saturated rings. The second-order valence-corrected chi connectivity index (χ2v) is 5.52.